The lowest BCUT2D eigenvalue weighted by Crippen LogP contribution is -2.14. The third kappa shape index (κ3) is 4.20. The molecule has 1 heterocycles. The van der Waals surface area contributed by atoms with Crippen molar-refractivity contribution < 1.29 is 14.7 Å². The third-order valence-corrected chi connectivity index (χ3v) is 2.56. The molecule has 1 aromatic carbocycles. The minimum atomic E-state index is -1.04. The van der Waals surface area contributed by atoms with Gasteiger partial charge >= 0.3 is 5.97 Å². The highest BCUT2D eigenvalue weighted by atomic mass is 16.4. The lowest BCUT2D eigenvalue weighted by atomic mass is 10.1. The number of anilines is 1. The van der Waals surface area contributed by atoms with Crippen LogP contribution in [-0.2, 0) is 22.6 Å². The summed E-state index contributed by atoms with van der Waals surface area (Å²) in [6.45, 7) is -0.333. The lowest BCUT2D eigenvalue weighted by Gasteiger charge is -2.01. The topological polar surface area (TPSA) is 97.1 Å². The average molecular weight is 274 g/mol. The Balaban J connectivity index is 1.82. The molecule has 7 heteroatoms. The van der Waals surface area contributed by atoms with Gasteiger partial charge in [-0.3, -0.25) is 9.59 Å². The van der Waals surface area contributed by atoms with E-state index in [4.69, 9.17) is 5.11 Å². The Kier molecular flexibility index (Phi) is 4.43. The fourth-order valence-electron chi connectivity index (χ4n) is 1.66. The number of nitrogens with one attached hydrogen (secondary N) is 1. The summed E-state index contributed by atoms with van der Waals surface area (Å²) in [7, 11) is 0. The fraction of sp³-hybridized carbons (Fsp3) is 0.231. The zero-order valence-electron chi connectivity index (χ0n) is 10.7. The van der Waals surface area contributed by atoms with Gasteiger partial charge in [0.25, 0.3) is 0 Å². The number of aromatic nitrogens is 3. The number of nitrogens with zero attached hydrogens (tertiary/aromatic N) is 3. The van der Waals surface area contributed by atoms with Crippen molar-refractivity contribution in [2.45, 2.75) is 19.4 Å². The van der Waals surface area contributed by atoms with Crippen molar-refractivity contribution in [1.82, 2.24) is 15.0 Å². The molecule has 1 amide bonds. The number of amides is 1. The van der Waals surface area contributed by atoms with E-state index >= 15 is 0 Å². The van der Waals surface area contributed by atoms with Crippen LogP contribution in [0, 0.1) is 0 Å². The summed E-state index contributed by atoms with van der Waals surface area (Å²) in [6.07, 6.45) is 2.29. The van der Waals surface area contributed by atoms with Gasteiger partial charge in [-0.15, -0.1) is 5.10 Å². The van der Waals surface area contributed by atoms with Crippen molar-refractivity contribution in [1.29, 1.82) is 0 Å². The molecule has 2 N–H and O–H groups in total. The van der Waals surface area contributed by atoms with Crippen LogP contribution >= 0.6 is 0 Å². The second kappa shape index (κ2) is 6.46. The second-order valence-electron chi connectivity index (χ2n) is 4.19. The molecule has 0 aliphatic heterocycles. The van der Waals surface area contributed by atoms with Gasteiger partial charge in [-0.05, 0) is 12.0 Å². The number of aliphatic carboxylic acids is 1. The maximum atomic E-state index is 11.7. The molecule has 104 valence electrons. The minimum absolute atomic E-state index is 0.184. The molecule has 1 aromatic heterocycles. The molecule has 0 unspecified atom stereocenters. The van der Waals surface area contributed by atoms with E-state index in [2.05, 4.69) is 15.5 Å². The van der Waals surface area contributed by atoms with Crippen LogP contribution in [0.5, 0.6) is 0 Å². The van der Waals surface area contributed by atoms with Gasteiger partial charge in [0.15, 0.2) is 12.4 Å². The van der Waals surface area contributed by atoms with Gasteiger partial charge in [-0.2, -0.15) is 9.90 Å². The highest BCUT2D eigenvalue weighted by Crippen LogP contribution is 2.05. The van der Waals surface area contributed by atoms with Crippen LogP contribution in [0.1, 0.15) is 12.0 Å². The van der Waals surface area contributed by atoms with E-state index in [0.717, 1.165) is 10.4 Å². The zero-order valence-corrected chi connectivity index (χ0v) is 10.7. The molecule has 0 aliphatic rings. The van der Waals surface area contributed by atoms with Gasteiger partial charge in [0.1, 0.15) is 0 Å². The number of carbonyl (C=O) groups is 2. The third-order valence-electron chi connectivity index (χ3n) is 2.56. The van der Waals surface area contributed by atoms with Gasteiger partial charge in [0, 0.05) is 6.42 Å². The number of benzene rings is 1. The quantitative estimate of drug-likeness (QED) is 0.816. The number of carboxylic acid groups (broad SMARTS) is 1. The normalized spacial score (nSPS) is 10.2. The Hall–Kier alpha value is -2.70. The molecule has 0 saturated carbocycles. The number of hydrogen-bond donors (Lipinski definition) is 2. The summed E-state index contributed by atoms with van der Waals surface area (Å²) in [5.41, 5.74) is 1.08. The van der Waals surface area contributed by atoms with E-state index in [1.165, 1.54) is 6.20 Å². The predicted molar refractivity (Wildman–Crippen MR) is 71.1 cm³/mol. The molecule has 0 spiro atoms. The molecule has 7 nitrogen and oxygen atoms in total. The van der Waals surface area contributed by atoms with Crippen LogP contribution in [0.3, 0.4) is 0 Å². The first kappa shape index (κ1) is 13.7. The van der Waals surface area contributed by atoms with Crippen LogP contribution in [0.2, 0.25) is 0 Å². The molecule has 0 radical (unpaired) electrons. The van der Waals surface area contributed by atoms with E-state index in [0.29, 0.717) is 12.8 Å². The van der Waals surface area contributed by atoms with Crippen molar-refractivity contribution in [3.8, 4) is 0 Å². The SMILES string of the molecule is O=C(O)Cn1ncc(NC(=O)CCc2ccccc2)n1. The Morgan fingerprint density at radius 2 is 2.00 bits per heavy atom. The molecule has 0 aliphatic carbocycles. The summed E-state index contributed by atoms with van der Waals surface area (Å²) >= 11 is 0. The van der Waals surface area contributed by atoms with Crippen LogP contribution in [0.25, 0.3) is 0 Å². The molecular formula is C13H14N4O3. The molecule has 0 saturated heterocycles. The molecule has 0 bridgehead atoms. The first-order valence-corrected chi connectivity index (χ1v) is 6.09. The Morgan fingerprint density at radius 1 is 1.25 bits per heavy atom. The summed E-state index contributed by atoms with van der Waals surface area (Å²) < 4.78 is 0. The maximum absolute atomic E-state index is 11.7. The van der Waals surface area contributed by atoms with Gasteiger partial charge in [-0.1, -0.05) is 30.3 Å². The van der Waals surface area contributed by atoms with E-state index in [9.17, 15) is 9.59 Å². The van der Waals surface area contributed by atoms with Crippen LogP contribution < -0.4 is 5.32 Å². The molecule has 0 atom stereocenters. The first-order valence-electron chi connectivity index (χ1n) is 6.09. The van der Waals surface area contributed by atoms with Crippen LogP contribution in [0.4, 0.5) is 5.82 Å². The number of rotatable bonds is 6. The van der Waals surface area contributed by atoms with Gasteiger partial charge in [0.2, 0.25) is 5.91 Å². The fourth-order valence-corrected chi connectivity index (χ4v) is 1.66. The second-order valence-corrected chi connectivity index (χ2v) is 4.19. The van der Waals surface area contributed by atoms with E-state index in [-0.39, 0.29) is 18.3 Å². The largest absolute Gasteiger partial charge is 0.480 e. The lowest BCUT2D eigenvalue weighted by molar-refractivity contribution is -0.138. The van der Waals surface area contributed by atoms with Crippen molar-refractivity contribution >= 4 is 17.7 Å². The van der Waals surface area contributed by atoms with Crippen molar-refractivity contribution in [3.63, 3.8) is 0 Å². The molecule has 20 heavy (non-hydrogen) atoms. The standard InChI is InChI=1S/C13H14N4O3/c18-12(7-6-10-4-2-1-3-5-10)15-11-8-14-17(16-11)9-13(19)20/h1-5,8H,6-7,9H2,(H,19,20)(H,15,16,18). The van der Waals surface area contributed by atoms with E-state index in [1.54, 1.807) is 0 Å². The highest BCUT2D eigenvalue weighted by Gasteiger charge is 2.08. The van der Waals surface area contributed by atoms with Crippen LogP contribution in [0.15, 0.2) is 36.5 Å². The van der Waals surface area contributed by atoms with Gasteiger partial charge in [0.05, 0.1) is 6.20 Å². The van der Waals surface area contributed by atoms with Crippen LogP contribution in [-0.4, -0.2) is 32.0 Å². The Bertz CT molecular complexity index is 595. The smallest absolute Gasteiger partial charge is 0.327 e. The number of carboxylic acids is 1. The molecule has 0 fully saturated rings. The highest BCUT2D eigenvalue weighted by molar-refractivity contribution is 5.89. The summed E-state index contributed by atoms with van der Waals surface area (Å²) in [5.74, 6) is -0.969. The molecule has 2 aromatic rings. The predicted octanol–water partition coefficient (Wildman–Crippen LogP) is 0.934. The summed E-state index contributed by atoms with van der Waals surface area (Å²) in [6, 6.07) is 9.67. The van der Waals surface area contributed by atoms with E-state index < -0.39 is 5.97 Å². The van der Waals surface area contributed by atoms with E-state index in [1.807, 2.05) is 30.3 Å². The summed E-state index contributed by atoms with van der Waals surface area (Å²) in [4.78, 5) is 23.2. The number of aryl methyl sites for hydroxylation is 1. The first-order chi connectivity index (χ1) is 9.63. The van der Waals surface area contributed by atoms with Crippen molar-refractivity contribution in [2.24, 2.45) is 0 Å². The number of carbonyl (C=O) groups excluding carboxylic acids is 1. The molecule has 2 rings (SSSR count). The number of hydrogen-bond acceptors (Lipinski definition) is 4. The van der Waals surface area contributed by atoms with Gasteiger partial charge < -0.3 is 10.4 Å². The Labute approximate surface area is 115 Å². The van der Waals surface area contributed by atoms with Crippen molar-refractivity contribution in [3.05, 3.63) is 42.1 Å². The molecular weight excluding hydrogens is 260 g/mol. The van der Waals surface area contributed by atoms with Crippen molar-refractivity contribution in [2.75, 3.05) is 5.32 Å². The van der Waals surface area contributed by atoms with Gasteiger partial charge in [-0.25, -0.2) is 0 Å². The maximum Gasteiger partial charge on any atom is 0.327 e. The monoisotopic (exact) mass is 274 g/mol. The average Bonchev–Trinajstić information content (AvgIpc) is 2.84. The zero-order chi connectivity index (χ0) is 14.4. The Morgan fingerprint density at radius 3 is 2.70 bits per heavy atom. The minimum Gasteiger partial charge on any atom is -0.480 e. The summed E-state index contributed by atoms with van der Waals surface area (Å²) in [5, 5.41) is 18.7.